The van der Waals surface area contributed by atoms with Crippen LogP contribution in [0.4, 0.5) is 0 Å². The maximum atomic E-state index is 4.00. The minimum absolute atomic E-state index is 0.285. The molecule has 0 unspecified atom stereocenters. The predicted octanol–water partition coefficient (Wildman–Crippen LogP) is 1.69. The van der Waals surface area contributed by atoms with E-state index in [1.165, 1.54) is 25.2 Å². The summed E-state index contributed by atoms with van der Waals surface area (Å²) in [5, 5.41) is 0. The van der Waals surface area contributed by atoms with E-state index in [0.717, 1.165) is 0 Å². The van der Waals surface area contributed by atoms with Gasteiger partial charge in [-0.05, 0) is 12.8 Å². The number of rotatable bonds is 0. The zero-order valence-corrected chi connectivity index (χ0v) is 4.88. The second-order valence-electron chi connectivity index (χ2n) is 1.83. The molecule has 34 valence electrons. The van der Waals surface area contributed by atoms with Gasteiger partial charge in [-0.3, -0.25) is 0 Å². The molecule has 0 radical (unpaired) electrons. The first kappa shape index (κ1) is 4.33. The van der Waals surface area contributed by atoms with Crippen LogP contribution in [0.15, 0.2) is 0 Å². The third-order valence-electron chi connectivity index (χ3n) is 1.20. The van der Waals surface area contributed by atoms with Crippen molar-refractivity contribution in [2.75, 3.05) is 12.3 Å². The smallest absolute Gasteiger partial charge is 0.00851 e. The van der Waals surface area contributed by atoms with E-state index < -0.39 is 0 Å². The minimum Gasteiger partial charge on any atom is -0.00851 e. The van der Waals surface area contributed by atoms with Gasteiger partial charge in [0.25, 0.3) is 0 Å². The molecule has 1 heterocycles. The summed E-state index contributed by atoms with van der Waals surface area (Å²) in [6.07, 6.45) is 9.79. The summed E-state index contributed by atoms with van der Waals surface area (Å²) < 4.78 is 0. The molecule has 0 nitrogen and oxygen atoms in total. The molecule has 1 fully saturated rings. The van der Waals surface area contributed by atoms with Gasteiger partial charge in [-0.1, -0.05) is 0 Å². The molecule has 1 rings (SSSR count). The van der Waals surface area contributed by atoms with E-state index in [-0.39, 0.29) is 7.55 Å². The quantitative estimate of drug-likeness (QED) is 0.407. The standard InChI is InChI=1S/C5H10P/c1-6-4-2-3-5-6/h1-5H2/q+1. The molecule has 0 N–H and O–H groups in total. The van der Waals surface area contributed by atoms with Gasteiger partial charge in [0.05, 0.1) is 13.8 Å². The van der Waals surface area contributed by atoms with Crippen molar-refractivity contribution in [3.63, 3.8) is 0 Å². The lowest BCUT2D eigenvalue weighted by molar-refractivity contribution is 0.949. The maximum absolute atomic E-state index is 4.00. The van der Waals surface area contributed by atoms with Gasteiger partial charge in [0.1, 0.15) is 12.3 Å². The molecule has 0 aromatic rings. The van der Waals surface area contributed by atoms with E-state index in [2.05, 4.69) is 6.30 Å². The van der Waals surface area contributed by atoms with Crippen LogP contribution in [0.3, 0.4) is 0 Å². The second kappa shape index (κ2) is 1.75. The van der Waals surface area contributed by atoms with Crippen LogP contribution in [0.2, 0.25) is 0 Å². The largest absolute Gasteiger partial charge is 0.106 e. The van der Waals surface area contributed by atoms with Crippen molar-refractivity contribution in [1.82, 2.24) is 0 Å². The van der Waals surface area contributed by atoms with Crippen LogP contribution in [-0.2, 0) is 0 Å². The number of hydrogen-bond acceptors (Lipinski definition) is 0. The SMILES string of the molecule is C=[P+]1CCCC1. The fraction of sp³-hybridized carbons (Fsp3) is 0.800. The lowest BCUT2D eigenvalue weighted by Gasteiger charge is -1.65. The Hall–Kier alpha value is 0.170. The van der Waals surface area contributed by atoms with E-state index >= 15 is 0 Å². The van der Waals surface area contributed by atoms with Gasteiger partial charge in [0.15, 0.2) is 0 Å². The van der Waals surface area contributed by atoms with E-state index in [9.17, 15) is 0 Å². The summed E-state index contributed by atoms with van der Waals surface area (Å²) >= 11 is 0. The summed E-state index contributed by atoms with van der Waals surface area (Å²) in [5.41, 5.74) is 0. The van der Waals surface area contributed by atoms with Gasteiger partial charge in [-0.15, -0.1) is 0 Å². The molecule has 0 atom stereocenters. The Morgan fingerprint density at radius 1 is 1.17 bits per heavy atom. The molecule has 1 saturated heterocycles. The van der Waals surface area contributed by atoms with Crippen LogP contribution in [0, 0.1) is 0 Å². The summed E-state index contributed by atoms with van der Waals surface area (Å²) in [5.74, 6) is 0. The molecule has 1 aliphatic rings. The fourth-order valence-corrected chi connectivity index (χ4v) is 2.35. The first-order valence-electron chi connectivity index (χ1n) is 2.45. The first-order valence-corrected chi connectivity index (χ1v) is 4.35. The Morgan fingerprint density at radius 2 is 1.67 bits per heavy atom. The molecule has 6 heavy (non-hydrogen) atoms. The van der Waals surface area contributed by atoms with E-state index in [1.807, 2.05) is 0 Å². The van der Waals surface area contributed by atoms with Crippen molar-refractivity contribution in [3.8, 4) is 0 Å². The van der Waals surface area contributed by atoms with Gasteiger partial charge in [0, 0.05) is 0 Å². The molecule has 0 aromatic carbocycles. The van der Waals surface area contributed by atoms with Crippen molar-refractivity contribution in [2.45, 2.75) is 12.8 Å². The van der Waals surface area contributed by atoms with Crippen LogP contribution >= 0.6 is 7.55 Å². The van der Waals surface area contributed by atoms with Crippen LogP contribution in [0.25, 0.3) is 0 Å². The van der Waals surface area contributed by atoms with Crippen LogP contribution in [0.5, 0.6) is 0 Å². The third-order valence-corrected chi connectivity index (χ3v) is 3.10. The summed E-state index contributed by atoms with van der Waals surface area (Å²) in [6, 6.07) is 0. The van der Waals surface area contributed by atoms with Crippen LogP contribution in [-0.4, -0.2) is 18.6 Å². The molecule has 1 aliphatic heterocycles. The Labute approximate surface area is 40.0 Å². The Kier molecular flexibility index (Phi) is 1.26. The Balaban J connectivity index is 2.37. The van der Waals surface area contributed by atoms with Crippen molar-refractivity contribution in [1.29, 1.82) is 0 Å². The molecule has 0 saturated carbocycles. The zero-order chi connectivity index (χ0) is 4.41. The molecule has 0 amide bonds. The highest BCUT2D eigenvalue weighted by atomic mass is 31.1. The highest BCUT2D eigenvalue weighted by molar-refractivity contribution is 7.56. The Bertz CT molecular complexity index is 58.3. The maximum Gasteiger partial charge on any atom is 0.106 e. The molecular weight excluding hydrogens is 91.0 g/mol. The van der Waals surface area contributed by atoms with Crippen molar-refractivity contribution in [3.05, 3.63) is 0 Å². The van der Waals surface area contributed by atoms with E-state index in [4.69, 9.17) is 0 Å². The fourth-order valence-electron chi connectivity index (χ4n) is 0.783. The second-order valence-corrected chi connectivity index (χ2v) is 4.06. The normalized spacial score (nSPS) is 22.3. The summed E-state index contributed by atoms with van der Waals surface area (Å²) in [7, 11) is 0.285. The monoisotopic (exact) mass is 101 g/mol. The predicted molar refractivity (Wildman–Crippen MR) is 33.0 cm³/mol. The van der Waals surface area contributed by atoms with Crippen LogP contribution in [0.1, 0.15) is 12.8 Å². The van der Waals surface area contributed by atoms with Crippen molar-refractivity contribution < 1.29 is 0 Å². The average molecular weight is 101 g/mol. The molecule has 0 bridgehead atoms. The van der Waals surface area contributed by atoms with Gasteiger partial charge in [-0.25, -0.2) is 0 Å². The first-order chi connectivity index (χ1) is 2.89. The lowest BCUT2D eigenvalue weighted by Crippen LogP contribution is -1.58. The lowest BCUT2D eigenvalue weighted by atomic mass is 10.4. The van der Waals surface area contributed by atoms with E-state index in [0.29, 0.717) is 0 Å². The molecule has 0 spiro atoms. The molecule has 1 heteroatoms. The van der Waals surface area contributed by atoms with Gasteiger partial charge in [-0.2, -0.15) is 0 Å². The van der Waals surface area contributed by atoms with Gasteiger partial charge in [0.2, 0.25) is 0 Å². The Morgan fingerprint density at radius 3 is 1.83 bits per heavy atom. The van der Waals surface area contributed by atoms with Crippen molar-refractivity contribution >= 4 is 13.8 Å². The zero-order valence-electron chi connectivity index (χ0n) is 3.98. The number of hydrogen-bond donors (Lipinski definition) is 0. The van der Waals surface area contributed by atoms with E-state index in [1.54, 1.807) is 0 Å². The van der Waals surface area contributed by atoms with Crippen LogP contribution < -0.4 is 0 Å². The van der Waals surface area contributed by atoms with Crippen molar-refractivity contribution in [2.24, 2.45) is 0 Å². The topological polar surface area (TPSA) is 0 Å². The molecular formula is C5H10P+. The summed E-state index contributed by atoms with van der Waals surface area (Å²) in [4.78, 5) is 0. The molecule has 0 aromatic heterocycles. The molecule has 0 aliphatic carbocycles. The highest BCUT2D eigenvalue weighted by Gasteiger charge is 2.12. The third kappa shape index (κ3) is 0.815. The van der Waals surface area contributed by atoms with Gasteiger partial charge < -0.3 is 0 Å². The highest BCUT2D eigenvalue weighted by Crippen LogP contribution is 2.29. The minimum atomic E-state index is 0.285. The summed E-state index contributed by atoms with van der Waals surface area (Å²) in [6.45, 7) is 0. The average Bonchev–Trinajstić information content (AvgIpc) is 1.86. The van der Waals surface area contributed by atoms with Gasteiger partial charge >= 0.3 is 0 Å².